The fraction of sp³-hybridized carbons (Fsp3) is 0.168. The van der Waals surface area contributed by atoms with Crippen molar-refractivity contribution in [1.29, 1.82) is 0 Å². The van der Waals surface area contributed by atoms with Gasteiger partial charge in [0.05, 0.1) is 36.0 Å². The third kappa shape index (κ3) is 26.0. The molecule has 8 aromatic heterocycles. The van der Waals surface area contributed by atoms with Crippen molar-refractivity contribution in [3.8, 4) is 44.5 Å². The second kappa shape index (κ2) is 46.6. The van der Waals surface area contributed by atoms with Crippen molar-refractivity contribution in [3.05, 3.63) is 443 Å². The number of halogens is 16. The van der Waals surface area contributed by atoms with Crippen molar-refractivity contribution in [2.24, 2.45) is 0 Å². The first-order valence-electron chi connectivity index (χ1n) is 43.3. The Kier molecular flexibility index (Phi) is 34.8. The van der Waals surface area contributed by atoms with Crippen LogP contribution >= 0.6 is 0 Å². The lowest BCUT2D eigenvalue weighted by atomic mass is 9.84. The van der Waals surface area contributed by atoms with Crippen molar-refractivity contribution < 1.29 is 117 Å². The average Bonchev–Trinajstić information content (AvgIpc) is 1.47. The monoisotopic (exact) mass is 2100 g/mol. The van der Waals surface area contributed by atoms with E-state index in [2.05, 4.69) is 82.0 Å². The summed E-state index contributed by atoms with van der Waals surface area (Å²) in [6.45, 7) is 4.07. The van der Waals surface area contributed by atoms with Crippen LogP contribution in [-0.4, -0.2) is 147 Å². The van der Waals surface area contributed by atoms with E-state index in [4.69, 9.17) is 9.11 Å². The number of alkyl halides is 8. The highest BCUT2D eigenvalue weighted by atomic mass is 32.2. The van der Waals surface area contributed by atoms with Gasteiger partial charge in [0.2, 0.25) is 0 Å². The van der Waals surface area contributed by atoms with Crippen LogP contribution in [0.25, 0.3) is 44.5 Å². The van der Waals surface area contributed by atoms with Gasteiger partial charge in [-0.3, -0.25) is 29.0 Å². The van der Waals surface area contributed by atoms with Gasteiger partial charge in [-0.25, -0.2) is 53.9 Å². The van der Waals surface area contributed by atoms with E-state index in [0.717, 1.165) is 161 Å². The Bertz CT molecular complexity index is 6880. The largest absolute Gasteiger partial charge is 0.377 e. The fourth-order valence-electron chi connectivity index (χ4n) is 14.7. The molecule has 0 aliphatic rings. The molecule has 6 N–H and O–H groups in total. The normalized spacial score (nSPS) is 13.3. The molecule has 10 aromatic carbocycles. The Hall–Kier alpha value is -16.4. The average molecular weight is 2110 g/mol. The van der Waals surface area contributed by atoms with Crippen LogP contribution in [0.2, 0.25) is 0 Å². The quantitative estimate of drug-likeness (QED) is 0.0217. The Morgan fingerprint density at radius 1 is 0.262 bits per heavy atom. The van der Waals surface area contributed by atoms with Gasteiger partial charge in [0.15, 0.2) is 22.4 Å². The van der Waals surface area contributed by atoms with Gasteiger partial charge in [0.1, 0.15) is 94.6 Å². The van der Waals surface area contributed by atoms with Gasteiger partial charge in [-0.1, -0.05) is 187 Å². The van der Waals surface area contributed by atoms with Gasteiger partial charge in [-0.05, 0) is 189 Å². The smallest absolute Gasteiger partial charge is 0.323 e. The second-order valence-electron chi connectivity index (χ2n) is 33.0. The SMILES string of the molecule is C.Cc1ccc(-c2ccc(C(F)(F)[C@@](O)(Cn3cnnn3)c3ccc(F)cc3F)nc2)cc1.Cc1ccc(-c2ccc(C(F)(F)[C@@](O)(Cn3cnnn3)c3ccc(F)cc3F)nc2)cc1.Cc1ccc(-c2ccc(C(F)(F)[C@](O)(Cn3cnnn3)c3ccc(F)cc3F)nc2)cc1.Cc1ccc(-c2ccc(C(F)(F)[C@](O)(Cn3cnnn3)c3ccc(F)cc3F)nc2)cc1.O=S(=O)(O)c1ccccc1.O=S(=O)(O)c1ccccc1. The molecule has 0 radical (unpaired) electrons. The van der Waals surface area contributed by atoms with Crippen molar-refractivity contribution in [3.63, 3.8) is 0 Å². The number of aliphatic hydroxyl groups is 4. The first-order chi connectivity index (χ1) is 70.0. The molecule has 18 aromatic rings. The molecule has 0 unspecified atom stereocenters. The number of rotatable bonds is 26. The van der Waals surface area contributed by atoms with Crippen molar-refractivity contribution in [2.45, 2.75) is 117 Å². The number of hydrogen-bond donors (Lipinski definition) is 6. The van der Waals surface area contributed by atoms with E-state index >= 15 is 35.1 Å². The number of tetrazole rings is 4. The lowest BCUT2D eigenvalue weighted by Gasteiger charge is -2.35. The first-order valence-corrected chi connectivity index (χ1v) is 46.2. The van der Waals surface area contributed by atoms with Crippen LogP contribution in [0, 0.1) is 74.2 Å². The van der Waals surface area contributed by atoms with Crippen LogP contribution in [0.3, 0.4) is 0 Å². The molecule has 0 fully saturated rings. The second-order valence-corrected chi connectivity index (χ2v) is 35.9. The Balaban J connectivity index is 0.000000165. The molecule has 30 nitrogen and oxygen atoms in total. The lowest BCUT2D eigenvalue weighted by Crippen LogP contribution is -2.48. The number of aryl methyl sites for hydroxylation is 4. The Labute approximate surface area is 838 Å². The van der Waals surface area contributed by atoms with E-state index < -0.39 is 184 Å². The number of nitrogens with zero attached hydrogens (tertiary/aromatic N) is 20. The zero-order valence-corrected chi connectivity index (χ0v) is 78.8. The van der Waals surface area contributed by atoms with Crippen molar-refractivity contribution >= 4 is 20.2 Å². The van der Waals surface area contributed by atoms with Crippen LogP contribution in [0.15, 0.2) is 339 Å². The van der Waals surface area contributed by atoms with Gasteiger partial charge < -0.3 is 20.4 Å². The molecule has 0 aliphatic carbocycles. The predicted octanol–water partition coefficient (Wildman–Crippen LogP) is 18.5. The number of benzene rings is 10. The topological polar surface area (TPSA) is 416 Å². The summed E-state index contributed by atoms with van der Waals surface area (Å²) in [4.78, 5) is 15.3. The first kappa shape index (κ1) is 111. The van der Waals surface area contributed by atoms with Crippen LogP contribution in [0.1, 0.15) is 74.7 Å². The van der Waals surface area contributed by atoms with Crippen LogP contribution in [-0.2, 0) is 92.5 Å². The molecular formula is C101H84F16N20O10S2. The number of pyridine rings is 4. The molecule has 772 valence electrons. The number of hydrogen-bond acceptors (Lipinski definition) is 24. The minimum Gasteiger partial charge on any atom is -0.377 e. The van der Waals surface area contributed by atoms with Crippen LogP contribution in [0.5, 0.6) is 0 Å². The van der Waals surface area contributed by atoms with Crippen molar-refractivity contribution in [1.82, 2.24) is 101 Å². The zero-order chi connectivity index (χ0) is 107. The molecule has 18 rings (SSSR count). The van der Waals surface area contributed by atoms with Gasteiger partial charge in [-0.2, -0.15) is 52.0 Å². The maximum atomic E-state index is 15.7. The third-order valence-corrected chi connectivity index (χ3v) is 24.4. The molecular weight excluding hydrogens is 2020 g/mol. The molecule has 149 heavy (non-hydrogen) atoms. The summed E-state index contributed by atoms with van der Waals surface area (Å²) in [5.41, 5.74) is -9.55. The Morgan fingerprint density at radius 2 is 0.450 bits per heavy atom. The maximum absolute atomic E-state index is 15.7. The lowest BCUT2D eigenvalue weighted by molar-refractivity contribution is -0.207. The summed E-state index contributed by atoms with van der Waals surface area (Å²) in [7, 11) is -8.01. The highest BCUT2D eigenvalue weighted by Gasteiger charge is 2.62. The summed E-state index contributed by atoms with van der Waals surface area (Å²) < 4.78 is 299. The highest BCUT2D eigenvalue weighted by Crippen LogP contribution is 2.52. The van der Waals surface area contributed by atoms with Gasteiger partial charge in [0.25, 0.3) is 20.2 Å². The molecule has 0 bridgehead atoms. The van der Waals surface area contributed by atoms with Crippen LogP contribution in [0.4, 0.5) is 70.2 Å². The van der Waals surface area contributed by atoms with Gasteiger partial charge >= 0.3 is 23.7 Å². The summed E-state index contributed by atoms with van der Waals surface area (Å²) in [6.07, 6.45) is 8.96. The molecule has 8 heterocycles. The van der Waals surface area contributed by atoms with E-state index in [0.29, 0.717) is 46.5 Å². The van der Waals surface area contributed by atoms with Gasteiger partial charge in [-0.15, -0.1) is 20.4 Å². The summed E-state index contributed by atoms with van der Waals surface area (Å²) in [5.74, 6) is -25.6. The van der Waals surface area contributed by atoms with Crippen molar-refractivity contribution in [2.75, 3.05) is 0 Å². The summed E-state index contributed by atoms with van der Waals surface area (Å²) >= 11 is 0. The van der Waals surface area contributed by atoms with Crippen LogP contribution < -0.4 is 0 Å². The molecule has 0 amide bonds. The number of aromatic nitrogens is 20. The van der Waals surface area contributed by atoms with E-state index in [1.54, 1.807) is 36.4 Å². The minimum atomic E-state index is -4.09. The molecule has 0 saturated carbocycles. The highest BCUT2D eigenvalue weighted by molar-refractivity contribution is 7.86. The van der Waals surface area contributed by atoms with E-state index in [1.165, 1.54) is 73.3 Å². The predicted molar refractivity (Wildman–Crippen MR) is 505 cm³/mol. The van der Waals surface area contributed by atoms with E-state index in [9.17, 15) is 72.4 Å². The van der Waals surface area contributed by atoms with E-state index in [-0.39, 0.29) is 17.2 Å². The molecule has 0 spiro atoms. The molecule has 0 saturated heterocycles. The zero-order valence-electron chi connectivity index (χ0n) is 77.1. The summed E-state index contributed by atoms with van der Waals surface area (Å²) in [5, 5.41) is 85.4. The standard InChI is InChI=1S/4C22H17F4N5O.2C6H6O3S.CH4/c4*1-14-2-4-15(5-3-14)16-6-9-20(27-11-16)22(25,26)21(32,12-31-13-28-29-30-31)18-8-7-17(23)10-19(18)24;2*7-10(8,9)6-4-2-1-3-5-6;/h4*2-11,13,32H,12H2,1H3;2*1-5H,(H,7,8,9);1H4/t4*21-;;;/m1100.../s1. The molecule has 4 atom stereocenters. The fourth-order valence-corrected chi connectivity index (χ4v) is 15.7. The molecule has 48 heteroatoms. The maximum Gasteiger partial charge on any atom is 0.323 e. The summed E-state index contributed by atoms with van der Waals surface area (Å²) in [6, 6.07) is 62.3. The Morgan fingerprint density at radius 3 is 0.597 bits per heavy atom. The molecule has 0 aliphatic heterocycles. The van der Waals surface area contributed by atoms with Gasteiger partial charge in [0, 0.05) is 93.6 Å². The minimum absolute atomic E-state index is 0. The van der Waals surface area contributed by atoms with E-state index in [1.807, 2.05) is 125 Å². The third-order valence-electron chi connectivity index (χ3n) is 22.7.